The summed E-state index contributed by atoms with van der Waals surface area (Å²) in [6.45, 7) is 1.66. The number of nitrogens with one attached hydrogen (secondary N) is 1. The van der Waals surface area contributed by atoms with Gasteiger partial charge in [0.05, 0.1) is 5.56 Å². The lowest BCUT2D eigenvalue weighted by Gasteiger charge is -2.08. The second-order valence-corrected chi connectivity index (χ2v) is 5.83. The molecular formula is C19H19NO3. The number of esters is 1. The van der Waals surface area contributed by atoms with Crippen molar-refractivity contribution < 1.29 is 14.3 Å². The minimum Gasteiger partial charge on any atom is -0.452 e. The molecule has 118 valence electrons. The quantitative estimate of drug-likeness (QED) is 0.882. The molecule has 0 radical (unpaired) electrons. The van der Waals surface area contributed by atoms with Crippen molar-refractivity contribution in [1.29, 1.82) is 0 Å². The highest BCUT2D eigenvalue weighted by atomic mass is 16.5. The average Bonchev–Trinajstić information content (AvgIpc) is 3.00. The number of ether oxygens (including phenoxy) is 1. The Bertz CT molecular complexity index is 752. The lowest BCUT2D eigenvalue weighted by Crippen LogP contribution is -2.21. The molecule has 1 aliphatic rings. The minimum absolute atomic E-state index is 0.288. The zero-order valence-electron chi connectivity index (χ0n) is 13.1. The Balaban J connectivity index is 1.55. The van der Waals surface area contributed by atoms with E-state index in [0.29, 0.717) is 11.3 Å². The molecule has 23 heavy (non-hydrogen) atoms. The molecule has 4 nitrogen and oxygen atoms in total. The van der Waals surface area contributed by atoms with Gasteiger partial charge in [-0.15, -0.1) is 0 Å². The lowest BCUT2D eigenvalue weighted by molar-refractivity contribution is -0.119. The second-order valence-electron chi connectivity index (χ2n) is 5.83. The van der Waals surface area contributed by atoms with Crippen LogP contribution in [0.1, 0.15) is 33.5 Å². The minimum atomic E-state index is -0.459. The van der Waals surface area contributed by atoms with Crippen molar-refractivity contribution in [3.8, 4) is 0 Å². The van der Waals surface area contributed by atoms with Crippen molar-refractivity contribution >= 4 is 17.6 Å². The first kappa shape index (κ1) is 15.3. The standard InChI is InChI=1S/C19H19NO3/c1-13-4-2-7-17(10-13)20-18(21)12-23-19(22)16-9-8-14-5-3-6-15(14)11-16/h2,4,7-11H,3,5-6,12H2,1H3,(H,20,21). The molecule has 0 aromatic heterocycles. The number of carbonyl (C=O) groups excluding carboxylic acids is 2. The fourth-order valence-electron chi connectivity index (χ4n) is 2.83. The van der Waals surface area contributed by atoms with E-state index in [9.17, 15) is 9.59 Å². The molecule has 0 heterocycles. The van der Waals surface area contributed by atoms with Crippen LogP contribution in [0.4, 0.5) is 5.69 Å². The summed E-state index contributed by atoms with van der Waals surface area (Å²) in [7, 11) is 0. The summed E-state index contributed by atoms with van der Waals surface area (Å²) in [4.78, 5) is 23.9. The van der Waals surface area contributed by atoms with Crippen LogP contribution >= 0.6 is 0 Å². The number of amides is 1. The maximum Gasteiger partial charge on any atom is 0.338 e. The zero-order chi connectivity index (χ0) is 16.2. The maximum atomic E-state index is 12.1. The molecule has 3 rings (SSSR count). The van der Waals surface area contributed by atoms with E-state index in [1.807, 2.05) is 37.3 Å². The van der Waals surface area contributed by atoms with Gasteiger partial charge in [0.25, 0.3) is 5.91 Å². The molecule has 4 heteroatoms. The van der Waals surface area contributed by atoms with Gasteiger partial charge in [0.15, 0.2) is 6.61 Å². The van der Waals surface area contributed by atoms with Crippen molar-refractivity contribution in [1.82, 2.24) is 0 Å². The van der Waals surface area contributed by atoms with E-state index in [-0.39, 0.29) is 12.5 Å². The normalized spacial score (nSPS) is 12.6. The summed E-state index contributed by atoms with van der Waals surface area (Å²) in [5, 5.41) is 2.72. The van der Waals surface area contributed by atoms with Gasteiger partial charge in [0, 0.05) is 5.69 Å². The SMILES string of the molecule is Cc1cccc(NC(=O)COC(=O)c2ccc3c(c2)CCC3)c1. The first-order valence-corrected chi connectivity index (χ1v) is 7.77. The monoisotopic (exact) mass is 309 g/mol. The van der Waals surface area contributed by atoms with Crippen molar-refractivity contribution in [2.45, 2.75) is 26.2 Å². The van der Waals surface area contributed by atoms with Crippen LogP contribution in [0.15, 0.2) is 42.5 Å². The van der Waals surface area contributed by atoms with Crippen LogP contribution in [0, 0.1) is 6.92 Å². The Morgan fingerprint density at radius 1 is 1.09 bits per heavy atom. The molecule has 0 saturated heterocycles. The molecule has 0 aliphatic heterocycles. The van der Waals surface area contributed by atoms with Gasteiger partial charge < -0.3 is 10.1 Å². The molecule has 2 aromatic carbocycles. The number of rotatable bonds is 4. The van der Waals surface area contributed by atoms with E-state index in [4.69, 9.17) is 4.74 Å². The molecule has 2 aromatic rings. The van der Waals surface area contributed by atoms with E-state index >= 15 is 0 Å². The molecule has 0 fully saturated rings. The van der Waals surface area contributed by atoms with Crippen LogP contribution < -0.4 is 5.32 Å². The van der Waals surface area contributed by atoms with E-state index in [1.165, 1.54) is 11.1 Å². The van der Waals surface area contributed by atoms with Crippen molar-refractivity contribution in [2.75, 3.05) is 11.9 Å². The van der Waals surface area contributed by atoms with Gasteiger partial charge >= 0.3 is 5.97 Å². The molecular weight excluding hydrogens is 290 g/mol. The summed E-state index contributed by atoms with van der Waals surface area (Å²) in [5.74, 6) is -0.802. The van der Waals surface area contributed by atoms with Crippen LogP contribution in [0.25, 0.3) is 0 Å². The van der Waals surface area contributed by atoms with Crippen molar-refractivity contribution in [3.63, 3.8) is 0 Å². The van der Waals surface area contributed by atoms with E-state index in [0.717, 1.165) is 24.8 Å². The lowest BCUT2D eigenvalue weighted by atomic mass is 10.1. The number of anilines is 1. The number of benzene rings is 2. The third kappa shape index (κ3) is 3.77. The molecule has 0 spiro atoms. The zero-order valence-corrected chi connectivity index (χ0v) is 13.1. The molecule has 1 amide bonds. The van der Waals surface area contributed by atoms with Gasteiger partial charge in [-0.1, -0.05) is 18.2 Å². The van der Waals surface area contributed by atoms with Gasteiger partial charge in [-0.25, -0.2) is 4.79 Å². The van der Waals surface area contributed by atoms with Gasteiger partial charge in [0.2, 0.25) is 0 Å². The summed E-state index contributed by atoms with van der Waals surface area (Å²) < 4.78 is 5.10. The van der Waals surface area contributed by atoms with Crippen molar-refractivity contribution in [2.24, 2.45) is 0 Å². The Hall–Kier alpha value is -2.62. The molecule has 0 atom stereocenters. The fourth-order valence-corrected chi connectivity index (χ4v) is 2.83. The molecule has 0 saturated carbocycles. The third-order valence-electron chi connectivity index (χ3n) is 3.97. The summed E-state index contributed by atoms with van der Waals surface area (Å²) in [6, 6.07) is 13.1. The summed E-state index contributed by atoms with van der Waals surface area (Å²) >= 11 is 0. The Morgan fingerprint density at radius 2 is 1.91 bits per heavy atom. The van der Waals surface area contributed by atoms with Gasteiger partial charge in [0.1, 0.15) is 0 Å². The van der Waals surface area contributed by atoms with Crippen LogP contribution in [0.5, 0.6) is 0 Å². The molecule has 1 aliphatic carbocycles. The highest BCUT2D eigenvalue weighted by Crippen LogP contribution is 2.23. The third-order valence-corrected chi connectivity index (χ3v) is 3.97. The Labute approximate surface area is 135 Å². The molecule has 1 N–H and O–H groups in total. The van der Waals surface area contributed by atoms with Crippen molar-refractivity contribution in [3.05, 3.63) is 64.7 Å². The first-order valence-electron chi connectivity index (χ1n) is 7.77. The predicted molar refractivity (Wildman–Crippen MR) is 88.6 cm³/mol. The Kier molecular flexibility index (Phi) is 4.42. The highest BCUT2D eigenvalue weighted by molar-refractivity contribution is 5.95. The van der Waals surface area contributed by atoms with Gasteiger partial charge in [-0.05, 0) is 67.1 Å². The molecule has 0 bridgehead atoms. The highest BCUT2D eigenvalue weighted by Gasteiger charge is 2.15. The van der Waals surface area contributed by atoms with Gasteiger partial charge in [-0.2, -0.15) is 0 Å². The Morgan fingerprint density at radius 3 is 2.74 bits per heavy atom. The maximum absolute atomic E-state index is 12.1. The molecule has 0 unspecified atom stereocenters. The predicted octanol–water partition coefficient (Wildman–Crippen LogP) is 3.28. The number of hydrogen-bond acceptors (Lipinski definition) is 3. The number of carbonyl (C=O) groups is 2. The van der Waals surface area contributed by atoms with Crippen LogP contribution in [0.3, 0.4) is 0 Å². The van der Waals surface area contributed by atoms with Crippen LogP contribution in [-0.2, 0) is 22.4 Å². The summed E-state index contributed by atoms with van der Waals surface area (Å²) in [5.41, 5.74) is 4.78. The van der Waals surface area contributed by atoms with Crippen LogP contribution in [-0.4, -0.2) is 18.5 Å². The smallest absolute Gasteiger partial charge is 0.338 e. The number of fused-ring (bicyclic) bond motifs is 1. The second kappa shape index (κ2) is 6.65. The number of hydrogen-bond donors (Lipinski definition) is 1. The largest absolute Gasteiger partial charge is 0.452 e. The van der Waals surface area contributed by atoms with E-state index in [1.54, 1.807) is 12.1 Å². The van der Waals surface area contributed by atoms with Gasteiger partial charge in [-0.3, -0.25) is 4.79 Å². The topological polar surface area (TPSA) is 55.4 Å². The summed E-state index contributed by atoms with van der Waals surface area (Å²) in [6.07, 6.45) is 3.21. The van der Waals surface area contributed by atoms with Crippen LogP contribution in [0.2, 0.25) is 0 Å². The van der Waals surface area contributed by atoms with E-state index in [2.05, 4.69) is 5.32 Å². The number of aryl methyl sites for hydroxylation is 3. The van der Waals surface area contributed by atoms with E-state index < -0.39 is 5.97 Å². The fraction of sp³-hybridized carbons (Fsp3) is 0.263. The average molecular weight is 309 g/mol. The first-order chi connectivity index (χ1) is 11.1.